The molecule has 15 heavy (non-hydrogen) atoms. The van der Waals surface area contributed by atoms with Crippen LogP contribution in [0.15, 0.2) is 0 Å². The summed E-state index contributed by atoms with van der Waals surface area (Å²) in [4.78, 5) is 13.3. The molecule has 6 heteroatoms. The van der Waals surface area contributed by atoms with E-state index < -0.39 is 6.10 Å². The molecule has 2 aliphatic heterocycles. The summed E-state index contributed by atoms with van der Waals surface area (Å²) < 4.78 is 5.46. The van der Waals surface area contributed by atoms with Crippen LogP contribution in [-0.2, 0) is 9.53 Å². The lowest BCUT2D eigenvalue weighted by Crippen LogP contribution is -2.63. The van der Waals surface area contributed by atoms with E-state index in [2.05, 4.69) is 10.2 Å². The summed E-state index contributed by atoms with van der Waals surface area (Å²) in [5.41, 5.74) is 5.25. The van der Waals surface area contributed by atoms with Crippen molar-refractivity contribution in [3.63, 3.8) is 0 Å². The number of nitrogens with one attached hydrogen (secondary N) is 1. The van der Waals surface area contributed by atoms with Crippen LogP contribution in [-0.4, -0.2) is 55.2 Å². The highest BCUT2D eigenvalue weighted by atomic mass is 35.5. The molecule has 0 saturated carbocycles. The van der Waals surface area contributed by atoms with Crippen LogP contribution in [0, 0.1) is 0 Å². The molecule has 3 N–H and O–H groups in total. The normalized spacial score (nSPS) is 32.9. The van der Waals surface area contributed by atoms with E-state index in [0.29, 0.717) is 12.6 Å². The van der Waals surface area contributed by atoms with Crippen molar-refractivity contribution in [1.29, 1.82) is 0 Å². The Bertz CT molecular complexity index is 235. The van der Waals surface area contributed by atoms with Crippen LogP contribution in [0.1, 0.15) is 6.92 Å². The third-order valence-electron chi connectivity index (χ3n) is 2.88. The molecule has 0 bridgehead atoms. The molecule has 2 saturated heterocycles. The van der Waals surface area contributed by atoms with Gasteiger partial charge in [0.1, 0.15) is 6.10 Å². The van der Waals surface area contributed by atoms with Gasteiger partial charge in [0.15, 0.2) is 0 Å². The van der Waals surface area contributed by atoms with Crippen molar-refractivity contribution in [2.75, 3.05) is 26.2 Å². The van der Waals surface area contributed by atoms with Crippen molar-refractivity contribution in [3.05, 3.63) is 0 Å². The number of halogens is 1. The molecule has 2 atom stereocenters. The zero-order valence-corrected chi connectivity index (χ0v) is 9.63. The van der Waals surface area contributed by atoms with E-state index >= 15 is 0 Å². The van der Waals surface area contributed by atoms with Gasteiger partial charge in [-0.25, -0.2) is 0 Å². The van der Waals surface area contributed by atoms with Crippen molar-refractivity contribution < 1.29 is 9.53 Å². The van der Waals surface area contributed by atoms with Crippen LogP contribution in [0.4, 0.5) is 0 Å². The molecule has 0 aromatic rings. The molecule has 0 spiro atoms. The SMILES string of the molecule is C[C@@H]1CN(C2CNC2)CC(C(N)=O)O1.Cl. The Morgan fingerprint density at radius 2 is 2.13 bits per heavy atom. The number of primary amides is 1. The summed E-state index contributed by atoms with van der Waals surface area (Å²) >= 11 is 0. The van der Waals surface area contributed by atoms with Crippen molar-refractivity contribution >= 4 is 18.3 Å². The highest BCUT2D eigenvalue weighted by molar-refractivity contribution is 5.85. The molecule has 2 aliphatic rings. The predicted octanol–water partition coefficient (Wildman–Crippen LogP) is -1.05. The van der Waals surface area contributed by atoms with Crippen LogP contribution in [0.25, 0.3) is 0 Å². The number of carbonyl (C=O) groups is 1. The van der Waals surface area contributed by atoms with Crippen LogP contribution in [0.5, 0.6) is 0 Å². The maximum atomic E-state index is 11.0. The molecule has 1 unspecified atom stereocenters. The lowest BCUT2D eigenvalue weighted by Gasteiger charge is -2.44. The molecular weight excluding hydrogens is 218 g/mol. The third-order valence-corrected chi connectivity index (χ3v) is 2.88. The van der Waals surface area contributed by atoms with Crippen molar-refractivity contribution in [2.24, 2.45) is 5.73 Å². The van der Waals surface area contributed by atoms with E-state index in [9.17, 15) is 4.79 Å². The number of carbonyl (C=O) groups excluding carboxylic acids is 1. The summed E-state index contributed by atoms with van der Waals surface area (Å²) in [6, 6.07) is 0.559. The molecule has 2 heterocycles. The molecule has 0 aromatic carbocycles. The first-order chi connectivity index (χ1) is 6.66. The van der Waals surface area contributed by atoms with E-state index in [1.165, 1.54) is 0 Å². The minimum Gasteiger partial charge on any atom is -0.367 e. The Balaban J connectivity index is 0.00000112. The first-order valence-corrected chi connectivity index (χ1v) is 5.06. The maximum Gasteiger partial charge on any atom is 0.247 e. The number of ether oxygens (including phenoxy) is 1. The third kappa shape index (κ3) is 2.81. The zero-order valence-electron chi connectivity index (χ0n) is 8.81. The van der Waals surface area contributed by atoms with Crippen molar-refractivity contribution in [3.8, 4) is 0 Å². The van der Waals surface area contributed by atoms with E-state index in [-0.39, 0.29) is 24.4 Å². The molecule has 1 amide bonds. The molecule has 0 aliphatic carbocycles. The largest absolute Gasteiger partial charge is 0.367 e. The molecule has 88 valence electrons. The van der Waals surface area contributed by atoms with Crippen LogP contribution >= 0.6 is 12.4 Å². The number of hydrogen-bond acceptors (Lipinski definition) is 4. The van der Waals surface area contributed by atoms with E-state index in [4.69, 9.17) is 10.5 Å². The number of hydrogen-bond donors (Lipinski definition) is 2. The van der Waals surface area contributed by atoms with E-state index in [0.717, 1.165) is 19.6 Å². The maximum absolute atomic E-state index is 11.0. The summed E-state index contributed by atoms with van der Waals surface area (Å²) in [6.07, 6.45) is -0.332. The van der Waals surface area contributed by atoms with Crippen molar-refractivity contribution in [1.82, 2.24) is 10.2 Å². The van der Waals surface area contributed by atoms with Gasteiger partial charge < -0.3 is 15.8 Å². The standard InChI is InChI=1S/C9H17N3O2.ClH/c1-6-4-12(7-2-11-3-7)5-8(14-6)9(10)13;/h6-8,11H,2-5H2,1H3,(H2,10,13);1H/t6-,8?;/m1./s1. The summed E-state index contributed by atoms with van der Waals surface area (Å²) in [7, 11) is 0. The smallest absolute Gasteiger partial charge is 0.247 e. The fourth-order valence-corrected chi connectivity index (χ4v) is 1.97. The topological polar surface area (TPSA) is 67.6 Å². The lowest BCUT2D eigenvalue weighted by molar-refractivity contribution is -0.145. The molecular formula is C9H18ClN3O2. The minimum atomic E-state index is -0.431. The van der Waals surface area contributed by atoms with Gasteiger partial charge >= 0.3 is 0 Å². The fourth-order valence-electron chi connectivity index (χ4n) is 1.97. The van der Waals surface area contributed by atoms with Crippen LogP contribution in [0.3, 0.4) is 0 Å². The first kappa shape index (κ1) is 12.7. The summed E-state index contributed by atoms with van der Waals surface area (Å²) in [5, 5.41) is 3.22. The first-order valence-electron chi connectivity index (χ1n) is 5.06. The zero-order chi connectivity index (χ0) is 10.1. The van der Waals surface area contributed by atoms with Gasteiger partial charge in [0.25, 0.3) is 0 Å². The molecule has 0 radical (unpaired) electrons. The number of nitrogens with zero attached hydrogens (tertiary/aromatic N) is 1. The van der Waals surface area contributed by atoms with Gasteiger partial charge in [-0.3, -0.25) is 9.69 Å². The van der Waals surface area contributed by atoms with Gasteiger partial charge in [0.05, 0.1) is 6.10 Å². The van der Waals surface area contributed by atoms with Gasteiger partial charge in [0.2, 0.25) is 5.91 Å². The highest BCUT2D eigenvalue weighted by Crippen LogP contribution is 2.15. The Labute approximate surface area is 95.7 Å². The Morgan fingerprint density at radius 1 is 1.47 bits per heavy atom. The van der Waals surface area contributed by atoms with Gasteiger partial charge in [-0.1, -0.05) is 0 Å². The quantitative estimate of drug-likeness (QED) is 0.641. The molecule has 5 nitrogen and oxygen atoms in total. The number of amides is 1. The molecule has 2 fully saturated rings. The van der Waals surface area contributed by atoms with Crippen LogP contribution in [0.2, 0.25) is 0 Å². The van der Waals surface area contributed by atoms with Gasteiger partial charge in [-0.2, -0.15) is 0 Å². The summed E-state index contributed by atoms with van der Waals surface area (Å²) in [5.74, 6) is -0.353. The average molecular weight is 236 g/mol. The second-order valence-electron chi connectivity index (χ2n) is 4.10. The second kappa shape index (κ2) is 5.12. The lowest BCUT2D eigenvalue weighted by atomic mass is 10.1. The second-order valence-corrected chi connectivity index (χ2v) is 4.10. The fraction of sp³-hybridized carbons (Fsp3) is 0.889. The Morgan fingerprint density at radius 3 is 2.60 bits per heavy atom. The average Bonchev–Trinajstić information content (AvgIpc) is 1.99. The monoisotopic (exact) mass is 235 g/mol. The minimum absolute atomic E-state index is 0. The van der Waals surface area contributed by atoms with E-state index in [1.54, 1.807) is 0 Å². The molecule has 2 rings (SSSR count). The Kier molecular flexibility index (Phi) is 4.33. The number of rotatable bonds is 2. The van der Waals surface area contributed by atoms with Gasteiger partial charge in [-0.05, 0) is 6.92 Å². The number of morpholine rings is 1. The van der Waals surface area contributed by atoms with Gasteiger partial charge in [0, 0.05) is 32.2 Å². The van der Waals surface area contributed by atoms with Crippen LogP contribution < -0.4 is 11.1 Å². The summed E-state index contributed by atoms with van der Waals surface area (Å²) in [6.45, 7) is 5.55. The van der Waals surface area contributed by atoms with Crippen molar-refractivity contribution in [2.45, 2.75) is 25.2 Å². The van der Waals surface area contributed by atoms with Gasteiger partial charge in [-0.15, -0.1) is 12.4 Å². The molecule has 0 aromatic heterocycles. The number of nitrogens with two attached hydrogens (primary N) is 1. The van der Waals surface area contributed by atoms with E-state index in [1.807, 2.05) is 6.92 Å². The Hall–Kier alpha value is -0.360. The highest BCUT2D eigenvalue weighted by Gasteiger charge is 2.34. The predicted molar refractivity (Wildman–Crippen MR) is 59.0 cm³/mol.